The van der Waals surface area contributed by atoms with Crippen molar-refractivity contribution in [1.29, 1.82) is 0 Å². The average molecular weight is 335 g/mol. The summed E-state index contributed by atoms with van der Waals surface area (Å²) in [5, 5.41) is 12.4. The number of pyridine rings is 2. The van der Waals surface area contributed by atoms with Gasteiger partial charge >= 0.3 is 0 Å². The number of amides is 1. The summed E-state index contributed by atoms with van der Waals surface area (Å²) in [5.74, 6) is 0.282. The van der Waals surface area contributed by atoms with Crippen LogP contribution in [0, 0.1) is 0 Å². The molecule has 126 valence electrons. The fourth-order valence-electron chi connectivity index (χ4n) is 2.32. The number of nitrogens with zero attached hydrogens (tertiary/aromatic N) is 2. The minimum atomic E-state index is -0.514. The Labute approximate surface area is 145 Å². The minimum Gasteiger partial charge on any atom is -0.437 e. The SMILES string of the molecule is O=C(NC(CO)c1ccccc1)c1cccnc1Oc1cccnc1. The number of aromatic nitrogens is 2. The zero-order valence-corrected chi connectivity index (χ0v) is 13.4. The second-order valence-electron chi connectivity index (χ2n) is 5.27. The Bertz CT molecular complexity index is 826. The Morgan fingerprint density at radius 2 is 1.88 bits per heavy atom. The molecule has 0 spiro atoms. The van der Waals surface area contributed by atoms with Crippen molar-refractivity contribution < 1.29 is 14.6 Å². The van der Waals surface area contributed by atoms with Crippen LogP contribution in [0.25, 0.3) is 0 Å². The molecule has 0 aliphatic heterocycles. The van der Waals surface area contributed by atoms with E-state index in [-0.39, 0.29) is 24.0 Å². The minimum absolute atomic E-state index is 0.178. The van der Waals surface area contributed by atoms with Gasteiger partial charge in [0, 0.05) is 12.4 Å². The Balaban J connectivity index is 1.80. The van der Waals surface area contributed by atoms with Crippen molar-refractivity contribution >= 4 is 5.91 Å². The summed E-state index contributed by atoms with van der Waals surface area (Å²) in [6.45, 7) is -0.213. The summed E-state index contributed by atoms with van der Waals surface area (Å²) in [5.41, 5.74) is 1.10. The van der Waals surface area contributed by atoms with Crippen LogP contribution >= 0.6 is 0 Å². The van der Waals surface area contributed by atoms with E-state index in [9.17, 15) is 9.90 Å². The number of hydrogen-bond donors (Lipinski definition) is 2. The molecule has 3 aromatic rings. The number of carbonyl (C=O) groups excluding carboxylic acids is 1. The van der Waals surface area contributed by atoms with E-state index >= 15 is 0 Å². The van der Waals surface area contributed by atoms with Gasteiger partial charge in [-0.3, -0.25) is 9.78 Å². The molecule has 2 aromatic heterocycles. The Morgan fingerprint density at radius 1 is 1.08 bits per heavy atom. The van der Waals surface area contributed by atoms with Crippen LogP contribution in [0.4, 0.5) is 0 Å². The van der Waals surface area contributed by atoms with Crippen LogP contribution in [0.15, 0.2) is 73.2 Å². The predicted molar refractivity (Wildman–Crippen MR) is 92.3 cm³/mol. The van der Waals surface area contributed by atoms with E-state index in [0.29, 0.717) is 5.75 Å². The number of hydrogen-bond acceptors (Lipinski definition) is 5. The van der Waals surface area contributed by atoms with Crippen LogP contribution in [0.2, 0.25) is 0 Å². The molecule has 0 saturated carbocycles. The largest absolute Gasteiger partial charge is 0.437 e. The van der Waals surface area contributed by atoms with Gasteiger partial charge in [-0.05, 0) is 29.8 Å². The lowest BCUT2D eigenvalue weighted by molar-refractivity contribution is 0.0913. The third-order valence-electron chi connectivity index (χ3n) is 3.55. The predicted octanol–water partition coefficient (Wildman–Crippen LogP) is 2.73. The maximum atomic E-state index is 12.6. The molecule has 25 heavy (non-hydrogen) atoms. The smallest absolute Gasteiger partial charge is 0.257 e. The quantitative estimate of drug-likeness (QED) is 0.723. The normalized spacial score (nSPS) is 11.6. The number of benzene rings is 1. The van der Waals surface area contributed by atoms with E-state index in [4.69, 9.17) is 4.74 Å². The third-order valence-corrected chi connectivity index (χ3v) is 3.55. The summed E-state index contributed by atoms with van der Waals surface area (Å²) in [6, 6.07) is 15.5. The first-order valence-corrected chi connectivity index (χ1v) is 7.77. The lowest BCUT2D eigenvalue weighted by atomic mass is 10.1. The van der Waals surface area contributed by atoms with Crippen LogP contribution in [-0.2, 0) is 0 Å². The Morgan fingerprint density at radius 3 is 2.60 bits per heavy atom. The van der Waals surface area contributed by atoms with E-state index in [1.165, 1.54) is 6.20 Å². The number of aliphatic hydroxyl groups excluding tert-OH is 1. The summed E-state index contributed by atoms with van der Waals surface area (Å²) in [7, 11) is 0. The van der Waals surface area contributed by atoms with E-state index in [0.717, 1.165) is 5.56 Å². The summed E-state index contributed by atoms with van der Waals surface area (Å²) in [6.07, 6.45) is 4.71. The first-order chi connectivity index (χ1) is 12.3. The monoisotopic (exact) mass is 335 g/mol. The van der Waals surface area contributed by atoms with Gasteiger partial charge in [0.15, 0.2) is 0 Å². The molecule has 1 aromatic carbocycles. The lowest BCUT2D eigenvalue weighted by Gasteiger charge is -2.17. The molecule has 2 N–H and O–H groups in total. The molecule has 3 rings (SSSR count). The molecule has 2 heterocycles. The Hall–Kier alpha value is -3.25. The topological polar surface area (TPSA) is 84.3 Å². The van der Waals surface area contributed by atoms with Gasteiger partial charge in [0.05, 0.1) is 18.8 Å². The molecular formula is C19H17N3O3. The zero-order valence-electron chi connectivity index (χ0n) is 13.4. The molecule has 0 fully saturated rings. The van der Waals surface area contributed by atoms with Crippen LogP contribution < -0.4 is 10.1 Å². The van der Waals surface area contributed by atoms with Crippen molar-refractivity contribution in [1.82, 2.24) is 15.3 Å². The molecule has 0 saturated heterocycles. The summed E-state index contributed by atoms with van der Waals surface area (Å²) >= 11 is 0. The number of rotatable bonds is 6. The number of nitrogens with one attached hydrogen (secondary N) is 1. The molecule has 1 unspecified atom stereocenters. The van der Waals surface area contributed by atoms with Crippen molar-refractivity contribution in [2.24, 2.45) is 0 Å². The van der Waals surface area contributed by atoms with Gasteiger partial charge in [-0.1, -0.05) is 30.3 Å². The Kier molecular flexibility index (Phi) is 5.33. The highest BCUT2D eigenvalue weighted by molar-refractivity contribution is 5.96. The standard InChI is InChI=1S/C19H17N3O3/c23-13-17(14-6-2-1-3-7-14)22-18(24)16-9-5-11-21-19(16)25-15-8-4-10-20-12-15/h1-12,17,23H,13H2,(H,22,24). The van der Waals surface area contributed by atoms with Gasteiger partial charge in [-0.25, -0.2) is 4.98 Å². The number of aliphatic hydroxyl groups is 1. The number of carbonyl (C=O) groups is 1. The van der Waals surface area contributed by atoms with Gasteiger partial charge in [0.2, 0.25) is 5.88 Å². The van der Waals surface area contributed by atoms with Crippen LogP contribution in [-0.4, -0.2) is 27.6 Å². The third kappa shape index (κ3) is 4.19. The van der Waals surface area contributed by atoms with Crippen LogP contribution in [0.1, 0.15) is 22.0 Å². The molecule has 0 aliphatic rings. The van der Waals surface area contributed by atoms with Crippen LogP contribution in [0.5, 0.6) is 11.6 Å². The average Bonchev–Trinajstić information content (AvgIpc) is 2.68. The van der Waals surface area contributed by atoms with Crippen molar-refractivity contribution in [3.8, 4) is 11.6 Å². The molecule has 0 aliphatic carbocycles. The fraction of sp³-hybridized carbons (Fsp3) is 0.105. The van der Waals surface area contributed by atoms with Crippen molar-refractivity contribution in [2.45, 2.75) is 6.04 Å². The molecule has 1 atom stereocenters. The highest BCUT2D eigenvalue weighted by Crippen LogP contribution is 2.23. The molecule has 0 bridgehead atoms. The highest BCUT2D eigenvalue weighted by Gasteiger charge is 2.19. The van der Waals surface area contributed by atoms with Crippen molar-refractivity contribution in [3.05, 3.63) is 84.3 Å². The van der Waals surface area contributed by atoms with Crippen molar-refractivity contribution in [2.75, 3.05) is 6.61 Å². The maximum absolute atomic E-state index is 12.6. The second-order valence-corrected chi connectivity index (χ2v) is 5.27. The maximum Gasteiger partial charge on any atom is 0.257 e. The first kappa shape index (κ1) is 16.6. The second kappa shape index (κ2) is 8.03. The van der Waals surface area contributed by atoms with Crippen molar-refractivity contribution in [3.63, 3.8) is 0 Å². The van der Waals surface area contributed by atoms with Gasteiger partial charge in [0.25, 0.3) is 5.91 Å². The molecule has 1 amide bonds. The summed E-state index contributed by atoms with van der Waals surface area (Å²) < 4.78 is 5.65. The molecule has 6 nitrogen and oxygen atoms in total. The number of ether oxygens (including phenoxy) is 1. The van der Waals surface area contributed by atoms with Gasteiger partial charge in [-0.15, -0.1) is 0 Å². The van der Waals surface area contributed by atoms with Gasteiger partial charge in [0.1, 0.15) is 11.3 Å². The summed E-state index contributed by atoms with van der Waals surface area (Å²) in [4.78, 5) is 20.7. The lowest BCUT2D eigenvalue weighted by Crippen LogP contribution is -2.31. The molecule has 6 heteroatoms. The van der Waals surface area contributed by atoms with Crippen LogP contribution in [0.3, 0.4) is 0 Å². The van der Waals surface area contributed by atoms with E-state index in [1.54, 1.807) is 36.7 Å². The zero-order chi connectivity index (χ0) is 17.5. The molecule has 0 radical (unpaired) electrons. The van der Waals surface area contributed by atoms with E-state index < -0.39 is 6.04 Å². The first-order valence-electron chi connectivity index (χ1n) is 7.77. The van der Waals surface area contributed by atoms with E-state index in [1.807, 2.05) is 30.3 Å². The fourth-order valence-corrected chi connectivity index (χ4v) is 2.32. The highest BCUT2D eigenvalue weighted by atomic mass is 16.5. The molecular weight excluding hydrogens is 318 g/mol. The van der Waals surface area contributed by atoms with Gasteiger partial charge < -0.3 is 15.2 Å². The van der Waals surface area contributed by atoms with E-state index in [2.05, 4.69) is 15.3 Å². The van der Waals surface area contributed by atoms with Gasteiger partial charge in [-0.2, -0.15) is 0 Å².